The molecule has 13 heteroatoms. The molecule has 0 atom stereocenters. The number of nitriles is 2. The van der Waals surface area contributed by atoms with Crippen LogP contribution in [0.15, 0.2) is 53.4 Å². The summed E-state index contributed by atoms with van der Waals surface area (Å²) in [5, 5.41) is 21.7. The van der Waals surface area contributed by atoms with Crippen molar-refractivity contribution >= 4 is 59.8 Å². The molecule has 0 radical (unpaired) electrons. The van der Waals surface area contributed by atoms with Crippen LogP contribution in [0.5, 0.6) is 0 Å². The van der Waals surface area contributed by atoms with E-state index in [4.69, 9.17) is 20.2 Å². The number of carbonyl (C=O) groups excluding carboxylic acids is 2. The molecular formula is C28H25N5O5S3. The first-order chi connectivity index (χ1) is 19.7. The molecule has 10 nitrogen and oxygen atoms in total. The summed E-state index contributed by atoms with van der Waals surface area (Å²) >= 11 is 2.53. The van der Waals surface area contributed by atoms with Crippen LogP contribution in [0.25, 0.3) is 20.8 Å². The van der Waals surface area contributed by atoms with E-state index in [0.29, 0.717) is 26.0 Å². The van der Waals surface area contributed by atoms with E-state index in [-0.39, 0.29) is 43.0 Å². The third kappa shape index (κ3) is 6.45. The lowest BCUT2D eigenvalue weighted by atomic mass is 10.1. The van der Waals surface area contributed by atoms with Crippen LogP contribution in [0, 0.1) is 29.6 Å². The molecule has 0 aliphatic heterocycles. The van der Waals surface area contributed by atoms with Crippen LogP contribution < -0.4 is 5.32 Å². The number of thiazole rings is 1. The molecule has 2 aromatic heterocycles. The molecule has 0 fully saturated rings. The number of ether oxygens (including phenoxy) is 1. The van der Waals surface area contributed by atoms with Gasteiger partial charge in [-0.25, -0.2) is 18.2 Å². The molecule has 4 rings (SSSR count). The number of nitrogens with one attached hydrogen (secondary N) is 1. The summed E-state index contributed by atoms with van der Waals surface area (Å²) in [6, 6.07) is 16.9. The van der Waals surface area contributed by atoms with Gasteiger partial charge in [-0.1, -0.05) is 12.1 Å². The molecule has 0 unspecified atom stereocenters. The zero-order chi connectivity index (χ0) is 29.6. The molecule has 1 N–H and O–H groups in total. The highest BCUT2D eigenvalue weighted by Gasteiger charge is 2.27. The standard InChI is InChI=1S/C28H25N5O5S3/c1-3-38-28(35)24-18(2)23(26-31-21-8-4-5-9-22(21)39-26)27(40-24)32-25(34)19-10-12-20(13-11-19)41(36,37)33(16-6-14-29)17-7-15-30/h4-5,8-13H,3,6-7,16-17H2,1-2H3,(H,32,34). The van der Waals surface area contributed by atoms with Gasteiger partial charge in [-0.15, -0.1) is 22.7 Å². The Hall–Kier alpha value is -4.14. The number of fused-ring (bicyclic) bond motifs is 1. The second-order valence-corrected chi connectivity index (χ2v) is 12.7. The van der Waals surface area contributed by atoms with Crippen molar-refractivity contribution in [2.45, 2.75) is 31.6 Å². The van der Waals surface area contributed by atoms with E-state index in [1.165, 1.54) is 35.6 Å². The normalized spacial score (nSPS) is 11.2. The van der Waals surface area contributed by atoms with Gasteiger partial charge in [0.05, 0.1) is 33.9 Å². The van der Waals surface area contributed by atoms with Gasteiger partial charge in [0.15, 0.2) is 0 Å². The molecule has 2 heterocycles. The second kappa shape index (κ2) is 13.0. The first-order valence-electron chi connectivity index (χ1n) is 12.5. The maximum Gasteiger partial charge on any atom is 0.348 e. The van der Waals surface area contributed by atoms with E-state index in [1.54, 1.807) is 13.8 Å². The van der Waals surface area contributed by atoms with Crippen LogP contribution in [0.4, 0.5) is 5.00 Å². The Labute approximate surface area is 245 Å². The van der Waals surface area contributed by atoms with Gasteiger partial charge in [0.25, 0.3) is 5.91 Å². The van der Waals surface area contributed by atoms with E-state index < -0.39 is 21.9 Å². The molecule has 0 saturated carbocycles. The van der Waals surface area contributed by atoms with Crippen LogP contribution in [-0.2, 0) is 14.8 Å². The average molecular weight is 608 g/mol. The van der Waals surface area contributed by atoms with Crippen molar-refractivity contribution < 1.29 is 22.7 Å². The van der Waals surface area contributed by atoms with Crippen molar-refractivity contribution in [1.29, 1.82) is 10.5 Å². The summed E-state index contributed by atoms with van der Waals surface area (Å²) in [6.07, 6.45) is -0.0354. The maximum atomic E-state index is 13.3. The van der Waals surface area contributed by atoms with Gasteiger partial charge >= 0.3 is 5.97 Å². The predicted octanol–water partition coefficient (Wildman–Crippen LogP) is 5.58. The third-order valence-electron chi connectivity index (χ3n) is 6.04. The van der Waals surface area contributed by atoms with Gasteiger partial charge in [-0.3, -0.25) is 4.79 Å². The van der Waals surface area contributed by atoms with Crippen molar-refractivity contribution in [1.82, 2.24) is 9.29 Å². The van der Waals surface area contributed by atoms with E-state index in [0.717, 1.165) is 25.9 Å². The minimum absolute atomic E-state index is 0.0177. The molecule has 210 valence electrons. The van der Waals surface area contributed by atoms with Crippen LogP contribution in [0.2, 0.25) is 0 Å². The van der Waals surface area contributed by atoms with E-state index in [1.807, 2.05) is 36.4 Å². The molecule has 0 bridgehead atoms. The highest BCUT2D eigenvalue weighted by Crippen LogP contribution is 2.43. The number of nitrogens with zero attached hydrogens (tertiary/aromatic N) is 4. The van der Waals surface area contributed by atoms with Crippen molar-refractivity contribution in [2.75, 3.05) is 25.0 Å². The number of sulfonamides is 1. The zero-order valence-electron chi connectivity index (χ0n) is 22.2. The molecule has 0 aliphatic rings. The monoisotopic (exact) mass is 607 g/mol. The molecule has 1 amide bonds. The number of aromatic nitrogens is 1. The topological polar surface area (TPSA) is 153 Å². The summed E-state index contributed by atoms with van der Waals surface area (Å²) in [5.74, 6) is -0.997. The first-order valence-corrected chi connectivity index (χ1v) is 15.6. The second-order valence-electron chi connectivity index (χ2n) is 8.67. The number of para-hydroxylation sites is 1. The number of carbonyl (C=O) groups is 2. The third-order valence-corrected chi connectivity index (χ3v) is 10.2. The van der Waals surface area contributed by atoms with Crippen LogP contribution in [0.3, 0.4) is 0 Å². The summed E-state index contributed by atoms with van der Waals surface area (Å²) in [4.78, 5) is 31.0. The highest BCUT2D eigenvalue weighted by atomic mass is 32.2. The highest BCUT2D eigenvalue weighted by molar-refractivity contribution is 7.89. The molecule has 4 aromatic rings. The fraction of sp³-hybridized carbons (Fsp3) is 0.250. The van der Waals surface area contributed by atoms with E-state index in [9.17, 15) is 18.0 Å². The number of hydrogen-bond donors (Lipinski definition) is 1. The van der Waals surface area contributed by atoms with Crippen molar-refractivity contribution in [3.05, 3.63) is 64.5 Å². The summed E-state index contributed by atoms with van der Waals surface area (Å²) in [7, 11) is -3.98. The molecular weight excluding hydrogens is 583 g/mol. The molecule has 2 aromatic carbocycles. The number of rotatable bonds is 11. The number of hydrogen-bond acceptors (Lipinski definition) is 10. The molecule has 41 heavy (non-hydrogen) atoms. The Bertz CT molecular complexity index is 1730. The van der Waals surface area contributed by atoms with Gasteiger partial charge in [-0.2, -0.15) is 14.8 Å². The predicted molar refractivity (Wildman–Crippen MR) is 157 cm³/mol. The minimum atomic E-state index is -3.98. The molecule has 0 aliphatic carbocycles. The summed E-state index contributed by atoms with van der Waals surface area (Å²) < 4.78 is 33.5. The number of benzene rings is 2. The Morgan fingerprint density at radius 2 is 1.68 bits per heavy atom. The SMILES string of the molecule is CCOC(=O)c1sc(NC(=O)c2ccc(S(=O)(=O)N(CCC#N)CCC#N)cc2)c(-c2nc3ccccc3s2)c1C. The quantitative estimate of drug-likeness (QED) is 0.217. The lowest BCUT2D eigenvalue weighted by Gasteiger charge is -2.20. The summed E-state index contributed by atoms with van der Waals surface area (Å²) in [5.41, 5.74) is 2.25. The maximum absolute atomic E-state index is 13.3. The van der Waals surface area contributed by atoms with Crippen LogP contribution >= 0.6 is 22.7 Å². The van der Waals surface area contributed by atoms with Gasteiger partial charge in [0.1, 0.15) is 14.9 Å². The van der Waals surface area contributed by atoms with Crippen molar-refractivity contribution in [3.63, 3.8) is 0 Å². The first kappa shape index (κ1) is 29.8. The molecule has 0 saturated heterocycles. The van der Waals surface area contributed by atoms with Gasteiger partial charge < -0.3 is 10.1 Å². The largest absolute Gasteiger partial charge is 0.462 e. The number of esters is 1. The van der Waals surface area contributed by atoms with Gasteiger partial charge in [0, 0.05) is 37.1 Å². The zero-order valence-corrected chi connectivity index (χ0v) is 24.7. The Balaban J connectivity index is 1.65. The lowest BCUT2D eigenvalue weighted by molar-refractivity contribution is 0.0531. The minimum Gasteiger partial charge on any atom is -0.462 e. The van der Waals surface area contributed by atoms with Crippen LogP contribution in [-0.4, -0.2) is 49.3 Å². The number of thiophene rings is 1. The smallest absolute Gasteiger partial charge is 0.348 e. The van der Waals surface area contributed by atoms with E-state index >= 15 is 0 Å². The van der Waals surface area contributed by atoms with Crippen molar-refractivity contribution in [3.8, 4) is 22.7 Å². The lowest BCUT2D eigenvalue weighted by Crippen LogP contribution is -2.32. The Morgan fingerprint density at radius 3 is 2.29 bits per heavy atom. The van der Waals surface area contributed by atoms with Crippen LogP contribution in [0.1, 0.15) is 45.4 Å². The van der Waals surface area contributed by atoms with Gasteiger partial charge in [0.2, 0.25) is 10.0 Å². The van der Waals surface area contributed by atoms with E-state index in [2.05, 4.69) is 5.32 Å². The van der Waals surface area contributed by atoms with Gasteiger partial charge in [-0.05, 0) is 55.8 Å². The average Bonchev–Trinajstić information content (AvgIpc) is 3.53. The Kier molecular flexibility index (Phi) is 9.47. The molecule has 0 spiro atoms. The fourth-order valence-electron chi connectivity index (χ4n) is 4.03. The summed E-state index contributed by atoms with van der Waals surface area (Å²) in [6.45, 7) is 3.61. The Morgan fingerprint density at radius 1 is 1.02 bits per heavy atom. The number of amides is 1. The fourth-order valence-corrected chi connectivity index (χ4v) is 7.71. The van der Waals surface area contributed by atoms with Crippen molar-refractivity contribution in [2.24, 2.45) is 0 Å². The number of anilines is 1.